The largest absolute Gasteiger partial charge is 0.462 e. The molecular formula is C10H17NO4S2. The van der Waals surface area contributed by atoms with Crippen LogP contribution in [0.2, 0.25) is 0 Å². The molecule has 0 amide bonds. The van der Waals surface area contributed by atoms with E-state index >= 15 is 0 Å². The molecule has 5 nitrogen and oxygen atoms in total. The van der Waals surface area contributed by atoms with Gasteiger partial charge in [0, 0.05) is 17.9 Å². The number of nitrogens with one attached hydrogen (secondary N) is 1. The maximum atomic E-state index is 11.9. The van der Waals surface area contributed by atoms with E-state index in [0.29, 0.717) is 12.3 Å². The van der Waals surface area contributed by atoms with Crippen molar-refractivity contribution in [2.24, 2.45) is 0 Å². The Morgan fingerprint density at radius 2 is 2.24 bits per heavy atom. The molecule has 1 aromatic heterocycles. The summed E-state index contributed by atoms with van der Waals surface area (Å²) in [5, 5.41) is 9.09. The molecule has 0 spiro atoms. The minimum absolute atomic E-state index is 0.0925. The molecule has 0 bridgehead atoms. The van der Waals surface area contributed by atoms with Gasteiger partial charge >= 0.3 is 0 Å². The first-order chi connectivity index (χ1) is 7.90. The highest BCUT2D eigenvalue weighted by atomic mass is 32.2. The van der Waals surface area contributed by atoms with Crippen molar-refractivity contribution in [1.82, 2.24) is 4.72 Å². The van der Waals surface area contributed by atoms with Gasteiger partial charge in [-0.2, -0.15) is 11.8 Å². The van der Waals surface area contributed by atoms with Crippen molar-refractivity contribution >= 4 is 21.8 Å². The second-order valence-corrected chi connectivity index (χ2v) is 6.70. The molecule has 1 heterocycles. The molecule has 1 aromatic rings. The normalized spacial score (nSPS) is 13.9. The topological polar surface area (TPSA) is 79.5 Å². The predicted octanol–water partition coefficient (Wildman–Crippen LogP) is 1.11. The molecule has 0 aliphatic carbocycles. The maximum absolute atomic E-state index is 11.9. The molecule has 0 aromatic carbocycles. The summed E-state index contributed by atoms with van der Waals surface area (Å²) in [5.74, 6) is 0.541. The van der Waals surface area contributed by atoms with Gasteiger partial charge in [0.05, 0.1) is 0 Å². The zero-order chi connectivity index (χ0) is 13.1. The molecule has 0 fully saturated rings. The zero-order valence-electron chi connectivity index (χ0n) is 10.1. The summed E-state index contributed by atoms with van der Waals surface area (Å²) in [7, 11) is -3.55. The third-order valence-corrected chi connectivity index (χ3v) is 4.83. The second-order valence-electron chi connectivity index (χ2n) is 3.69. The summed E-state index contributed by atoms with van der Waals surface area (Å²) >= 11 is 1.58. The van der Waals surface area contributed by atoms with Crippen LogP contribution in [0.25, 0.3) is 0 Å². The Hall–Kier alpha value is -0.500. The maximum Gasteiger partial charge on any atom is 0.244 e. The third kappa shape index (κ3) is 3.74. The molecule has 7 heteroatoms. The summed E-state index contributed by atoms with van der Waals surface area (Å²) in [6.07, 6.45) is 1.92. The number of thioether (sulfide) groups is 1. The Bertz CT molecular complexity index is 467. The first-order valence-corrected chi connectivity index (χ1v) is 7.90. The van der Waals surface area contributed by atoms with Crippen molar-refractivity contribution in [2.45, 2.75) is 30.6 Å². The van der Waals surface area contributed by atoms with Crippen LogP contribution in [-0.4, -0.2) is 31.6 Å². The summed E-state index contributed by atoms with van der Waals surface area (Å²) in [6, 6.07) is 1.35. The number of aliphatic hydroxyl groups excluding tert-OH is 1. The highest BCUT2D eigenvalue weighted by Crippen LogP contribution is 2.20. The van der Waals surface area contributed by atoms with Gasteiger partial charge in [0.1, 0.15) is 23.0 Å². The van der Waals surface area contributed by atoms with Gasteiger partial charge in [-0.15, -0.1) is 0 Å². The first-order valence-electron chi connectivity index (χ1n) is 5.13. The van der Waals surface area contributed by atoms with Crippen molar-refractivity contribution in [3.63, 3.8) is 0 Å². The lowest BCUT2D eigenvalue weighted by Crippen LogP contribution is -2.29. The van der Waals surface area contributed by atoms with E-state index in [1.54, 1.807) is 18.7 Å². The molecule has 1 atom stereocenters. The molecule has 1 unspecified atom stereocenters. The lowest BCUT2D eigenvalue weighted by Gasteiger charge is -2.09. The van der Waals surface area contributed by atoms with Crippen LogP contribution >= 0.6 is 11.8 Å². The fourth-order valence-corrected chi connectivity index (χ4v) is 2.94. The molecular weight excluding hydrogens is 262 g/mol. The second kappa shape index (κ2) is 5.90. The number of hydrogen-bond donors (Lipinski definition) is 2. The molecule has 0 saturated carbocycles. The fraction of sp³-hybridized carbons (Fsp3) is 0.600. The van der Waals surface area contributed by atoms with Gasteiger partial charge in [0.2, 0.25) is 10.0 Å². The number of furan rings is 1. The molecule has 2 N–H and O–H groups in total. The Labute approximate surface area is 106 Å². The van der Waals surface area contributed by atoms with Gasteiger partial charge in [-0.25, -0.2) is 13.1 Å². The lowest BCUT2D eigenvalue weighted by atomic mass is 10.4. The van der Waals surface area contributed by atoms with Crippen LogP contribution in [0.5, 0.6) is 0 Å². The SMILES string of the molecule is CSC(C)CNS(=O)(=O)c1cc(CO)oc1C. The standard InChI is InChI=1S/C10H17NO4S2/c1-7(16-3)5-11-17(13,14)10-4-9(6-12)15-8(10)2/h4,7,11-12H,5-6H2,1-3H3. The highest BCUT2D eigenvalue weighted by molar-refractivity contribution is 7.99. The minimum Gasteiger partial charge on any atom is -0.462 e. The average molecular weight is 279 g/mol. The Kier molecular flexibility index (Phi) is 5.05. The number of hydrogen-bond acceptors (Lipinski definition) is 5. The number of aryl methyl sites for hydroxylation is 1. The van der Waals surface area contributed by atoms with Gasteiger partial charge in [-0.3, -0.25) is 0 Å². The van der Waals surface area contributed by atoms with Crippen LogP contribution in [0.15, 0.2) is 15.4 Å². The smallest absolute Gasteiger partial charge is 0.244 e. The van der Waals surface area contributed by atoms with Crippen LogP contribution < -0.4 is 4.72 Å². The number of sulfonamides is 1. The number of aliphatic hydroxyl groups is 1. The molecule has 0 aliphatic heterocycles. The van der Waals surface area contributed by atoms with E-state index in [4.69, 9.17) is 9.52 Å². The predicted molar refractivity (Wildman–Crippen MR) is 67.5 cm³/mol. The van der Waals surface area contributed by atoms with E-state index < -0.39 is 10.0 Å². The highest BCUT2D eigenvalue weighted by Gasteiger charge is 2.21. The molecule has 98 valence electrons. The van der Waals surface area contributed by atoms with Gasteiger partial charge in [0.15, 0.2) is 0 Å². The molecule has 0 aliphatic rings. The van der Waals surface area contributed by atoms with Crippen molar-refractivity contribution in [3.8, 4) is 0 Å². The van der Waals surface area contributed by atoms with Crippen LogP contribution in [0.1, 0.15) is 18.4 Å². The van der Waals surface area contributed by atoms with Crippen molar-refractivity contribution < 1.29 is 17.9 Å². The Balaban J connectivity index is 2.85. The van der Waals surface area contributed by atoms with Crippen molar-refractivity contribution in [3.05, 3.63) is 17.6 Å². The van der Waals surface area contributed by atoms with Gasteiger partial charge in [-0.05, 0) is 13.2 Å². The van der Waals surface area contributed by atoms with Crippen LogP contribution in [0.3, 0.4) is 0 Å². The average Bonchev–Trinajstić information content (AvgIpc) is 2.68. The first kappa shape index (κ1) is 14.6. The minimum atomic E-state index is -3.55. The van der Waals surface area contributed by atoms with Crippen molar-refractivity contribution in [2.75, 3.05) is 12.8 Å². The van der Waals surface area contributed by atoms with Gasteiger partial charge in [0.25, 0.3) is 0 Å². The quantitative estimate of drug-likeness (QED) is 0.815. The van der Waals surface area contributed by atoms with E-state index in [1.165, 1.54) is 6.07 Å². The summed E-state index contributed by atoms with van der Waals surface area (Å²) in [6.45, 7) is 3.56. The third-order valence-electron chi connectivity index (χ3n) is 2.33. The van der Waals surface area contributed by atoms with E-state index in [1.807, 2.05) is 13.2 Å². The summed E-state index contributed by atoms with van der Waals surface area (Å²) in [4.78, 5) is 0.0925. The summed E-state index contributed by atoms with van der Waals surface area (Å²) in [5.41, 5.74) is 0. The summed E-state index contributed by atoms with van der Waals surface area (Å²) < 4.78 is 31.5. The molecule has 0 radical (unpaired) electrons. The molecule has 17 heavy (non-hydrogen) atoms. The number of rotatable bonds is 6. The zero-order valence-corrected chi connectivity index (χ0v) is 11.7. The lowest BCUT2D eigenvalue weighted by molar-refractivity contribution is 0.244. The Morgan fingerprint density at radius 1 is 1.59 bits per heavy atom. The fourth-order valence-electron chi connectivity index (χ4n) is 1.26. The van der Waals surface area contributed by atoms with Crippen molar-refractivity contribution in [1.29, 1.82) is 0 Å². The van der Waals surface area contributed by atoms with E-state index in [2.05, 4.69) is 4.72 Å². The molecule has 1 rings (SSSR count). The monoisotopic (exact) mass is 279 g/mol. The van der Waals surface area contributed by atoms with E-state index in [0.717, 1.165) is 0 Å². The van der Waals surface area contributed by atoms with Gasteiger partial charge in [-0.1, -0.05) is 6.92 Å². The van der Waals surface area contributed by atoms with Crippen LogP contribution in [0.4, 0.5) is 0 Å². The molecule has 0 saturated heterocycles. The van der Waals surface area contributed by atoms with Crippen LogP contribution in [0, 0.1) is 6.92 Å². The Morgan fingerprint density at radius 3 is 2.71 bits per heavy atom. The van der Waals surface area contributed by atoms with Gasteiger partial charge < -0.3 is 9.52 Å². The van der Waals surface area contributed by atoms with E-state index in [-0.39, 0.29) is 22.5 Å². The van der Waals surface area contributed by atoms with Crippen LogP contribution in [-0.2, 0) is 16.6 Å². The van der Waals surface area contributed by atoms with E-state index in [9.17, 15) is 8.42 Å².